The number of carbonyl (C=O) groups is 10. The molecule has 12 N–H and O–H groups in total. The Morgan fingerprint density at radius 2 is 1.12 bits per heavy atom. The number of hydrogen-bond acceptors (Lipinski definition) is 24. The van der Waals surface area contributed by atoms with Crippen molar-refractivity contribution in [3.63, 3.8) is 0 Å². The van der Waals surface area contributed by atoms with Gasteiger partial charge in [-0.2, -0.15) is 35.3 Å². The highest BCUT2D eigenvalue weighted by molar-refractivity contribution is 8.27. The van der Waals surface area contributed by atoms with E-state index < -0.39 is 47.1 Å². The summed E-state index contributed by atoms with van der Waals surface area (Å²) in [5.41, 5.74) is 19.8. The van der Waals surface area contributed by atoms with Crippen LogP contribution in [0.25, 0.3) is 0 Å². The van der Waals surface area contributed by atoms with Crippen LogP contribution in [0.15, 0.2) is 53.9 Å². The molecule has 0 unspecified atom stereocenters. The molecule has 0 aliphatic carbocycles. The third-order valence-corrected chi connectivity index (χ3v) is 25.8. The molecule has 7 rings (SSSR count). The van der Waals surface area contributed by atoms with E-state index in [1.165, 1.54) is 11.8 Å². The number of nitrogens with zero attached hydrogens (tertiary/aromatic N) is 10. The summed E-state index contributed by atoms with van der Waals surface area (Å²) in [5, 5.41) is 43.4. The number of ketones is 3. The molecular weight excluding hydrogens is 1610 g/mol. The first-order chi connectivity index (χ1) is 58.1. The Balaban J connectivity index is 0.000000324. The van der Waals surface area contributed by atoms with E-state index in [2.05, 4.69) is 73.7 Å². The molecule has 3 aromatic heterocycles. The van der Waals surface area contributed by atoms with Gasteiger partial charge in [-0.15, -0.1) is 27.6 Å². The lowest BCUT2D eigenvalue weighted by atomic mass is 9.74. The summed E-state index contributed by atoms with van der Waals surface area (Å²) in [6.45, 7) is 10.3. The molecule has 0 saturated carbocycles. The smallest absolute Gasteiger partial charge is 0.242 e. The largest absolute Gasteiger partial charge is 0.357 e. The van der Waals surface area contributed by atoms with Crippen LogP contribution in [0.4, 0.5) is 0 Å². The van der Waals surface area contributed by atoms with Gasteiger partial charge in [0.25, 0.3) is 0 Å². The normalized spacial score (nSPS) is 19.9. The predicted molar refractivity (Wildman–Crippen MR) is 487 cm³/mol. The topological polar surface area (TPSA) is 425 Å². The third kappa shape index (κ3) is 38.8. The van der Waals surface area contributed by atoms with Crippen molar-refractivity contribution in [1.29, 1.82) is 0 Å². The maximum atomic E-state index is 13.5. The van der Waals surface area contributed by atoms with Crippen LogP contribution in [0, 0.1) is 46.8 Å². The predicted octanol–water partition coefficient (Wildman–Crippen LogP) is 9.92. The van der Waals surface area contributed by atoms with Gasteiger partial charge in [0.15, 0.2) is 11.6 Å². The molecule has 29 nitrogen and oxygen atoms in total. The zero-order chi connectivity index (χ0) is 88.5. The third-order valence-electron chi connectivity index (χ3n) is 22.9. The molecule has 0 saturated heterocycles. The van der Waals surface area contributed by atoms with E-state index in [0.717, 1.165) is 205 Å². The van der Waals surface area contributed by atoms with Crippen LogP contribution < -0.4 is 49.1 Å². The number of thioether (sulfide) groups is 4. The summed E-state index contributed by atoms with van der Waals surface area (Å²) >= 11 is 6.16. The standard InChI is InChI=1S/C32H52N6O4S.C30H45N7O3S2.C26H46N6O3S/c1-6-13-26(33)29(40)32(2,3)21-24-20-25-22-38(37-36-25)18-12-11-15-23(14-9-7-8-10-16-28(24)39)30(41)35-27(17-19-43-5)31(42)34-4;1-32-28(39)25(16-19-41-2)33-27(38)22(12-6-3-4-10-17-31)13-9-11-18-37-21-24(35-36-37)20-26-30(40)42-29(34-26)23-14-7-5-8-15-23;1-26(2)14-9-6-5-7-11-19(24(34)29-22(13-16-36-4)25(35)28-3)12-8-10-15-32-18-20(30-31-32)17-21(27)23(26)33/h1,22-24,26-27H,7-21,33H2,2-5H3,(H,34,42)(H,35,41);5,7-8,14-15,21-22,25-26H,3-4,6,9-13,16-20,31H2,1-2H3,(H,32,39)(H,33,38);18-19,21-22H,5-17,27H2,1-4H3,(H,28,35)(H,29,34)/t23-,24-,26+,27+;22-,25+,26+;19-,21+,22+/m000/s1. The number of fused-ring (bicyclic) bond motifs is 4. The molecule has 6 heterocycles. The van der Waals surface area contributed by atoms with Crippen LogP contribution >= 0.6 is 47.0 Å². The molecule has 3 aliphatic heterocycles. The minimum Gasteiger partial charge on any atom is -0.357 e. The van der Waals surface area contributed by atoms with Crippen molar-refractivity contribution in [3.05, 3.63) is 71.6 Å². The molecule has 4 bridgehead atoms. The van der Waals surface area contributed by atoms with Gasteiger partial charge >= 0.3 is 0 Å². The number of terminal acetylenes is 1. The number of Topliss-reactive ketones (excluding diaryl/α,β-unsaturated/α-hetero) is 3. The van der Waals surface area contributed by atoms with Crippen LogP contribution in [0.2, 0.25) is 0 Å². The van der Waals surface area contributed by atoms with Crippen LogP contribution in [0.5, 0.6) is 0 Å². The van der Waals surface area contributed by atoms with E-state index in [4.69, 9.17) is 23.6 Å². The summed E-state index contributed by atoms with van der Waals surface area (Å²) in [7, 11) is 4.80. The fraction of sp³-hybridized carbons (Fsp3) is 0.716. The fourth-order valence-corrected chi connectivity index (χ4v) is 17.9. The van der Waals surface area contributed by atoms with Crippen LogP contribution in [0.3, 0.4) is 0 Å². The van der Waals surface area contributed by atoms with Gasteiger partial charge in [0, 0.05) is 132 Å². The number of amides is 6. The Bertz CT molecular complexity index is 3870. The van der Waals surface area contributed by atoms with Crippen molar-refractivity contribution in [2.45, 2.75) is 302 Å². The van der Waals surface area contributed by atoms with E-state index in [-0.39, 0.29) is 88.0 Å². The molecule has 0 radical (unpaired) electrons. The molecular formula is C88H143N19O10S4. The molecule has 1 aromatic carbocycles. The molecule has 0 fully saturated rings. The lowest BCUT2D eigenvalue weighted by Crippen LogP contribution is -2.48. The number of aromatic nitrogens is 9. The fourth-order valence-electron chi connectivity index (χ4n) is 15.5. The maximum Gasteiger partial charge on any atom is 0.242 e. The van der Waals surface area contributed by atoms with Crippen molar-refractivity contribution in [2.75, 3.05) is 63.7 Å². The average Bonchev–Trinajstić information content (AvgIpc) is 1.72. The minimum absolute atomic E-state index is 0.0251. The van der Waals surface area contributed by atoms with Gasteiger partial charge in [-0.3, -0.25) is 67.0 Å². The first kappa shape index (κ1) is 104. The molecule has 0 spiro atoms. The van der Waals surface area contributed by atoms with Gasteiger partial charge in [-0.25, -0.2) is 0 Å². The van der Waals surface area contributed by atoms with E-state index in [1.54, 1.807) is 70.5 Å². The average molecular weight is 1760 g/mol. The second-order valence-corrected chi connectivity index (χ2v) is 37.5. The second-order valence-electron chi connectivity index (χ2n) is 33.6. The Hall–Kier alpha value is -7.35. The Kier molecular flexibility index (Phi) is 49.9. The lowest BCUT2D eigenvalue weighted by Gasteiger charge is -2.29. The van der Waals surface area contributed by atoms with Gasteiger partial charge < -0.3 is 49.1 Å². The van der Waals surface area contributed by atoms with Gasteiger partial charge in [0.05, 0.1) is 29.2 Å². The maximum absolute atomic E-state index is 13.5. The van der Waals surface area contributed by atoms with Crippen LogP contribution in [-0.2, 0) is 86.8 Å². The van der Waals surface area contributed by atoms with Crippen molar-refractivity contribution in [2.24, 2.45) is 56.7 Å². The Labute approximate surface area is 736 Å². The van der Waals surface area contributed by atoms with Gasteiger partial charge in [-0.05, 0) is 157 Å². The second kappa shape index (κ2) is 58.0. The van der Waals surface area contributed by atoms with Crippen molar-refractivity contribution in [1.82, 2.24) is 76.9 Å². The molecule has 674 valence electrons. The first-order valence-corrected chi connectivity index (χ1v) is 48.9. The zero-order valence-corrected chi connectivity index (χ0v) is 77.1. The summed E-state index contributed by atoms with van der Waals surface area (Å²) in [6, 6.07) is 6.42. The summed E-state index contributed by atoms with van der Waals surface area (Å²) < 4.78 is 5.38. The van der Waals surface area contributed by atoms with Crippen molar-refractivity contribution in [3.8, 4) is 12.3 Å². The number of unbranched alkanes of at least 4 members (excludes halogenated alkanes) is 4. The van der Waals surface area contributed by atoms with E-state index in [1.807, 2.05) is 95.4 Å². The molecule has 10 atom stereocenters. The monoisotopic (exact) mass is 1750 g/mol. The number of rotatable bonds is 37. The Morgan fingerprint density at radius 1 is 0.620 bits per heavy atom. The van der Waals surface area contributed by atoms with Crippen LogP contribution in [-0.4, -0.2) is 208 Å². The molecule has 4 aromatic rings. The van der Waals surface area contributed by atoms with E-state index >= 15 is 0 Å². The SMILES string of the molecule is C#CC[C@@H](N)C(=O)C(C)(C)C[C@@H]1Cc2cn(nn2)CCCC[C@@H](C(=O)N[C@H](CCSC)C(=O)NC)CCCCCCC1=O.CNC(=O)[C@@H](CCSC)NC(=O)[C@@H](CCCCCCN)CCCCn1cc(C[C@H]2N=C(c3ccccc3)SC2=O)nn1.CNC(=O)[C@@H](CCSC)NC(=O)[C@H]1CCCCCCC(C)(C)C(=O)[C@H](N)Cc2cn(nn2)CCCC1. The van der Waals surface area contributed by atoms with Gasteiger partial charge in [0.2, 0.25) is 40.6 Å². The number of benzene rings is 1. The number of carbonyl (C=O) groups excluding carboxylic acids is 10. The van der Waals surface area contributed by atoms with E-state index in [0.29, 0.717) is 77.5 Å². The summed E-state index contributed by atoms with van der Waals surface area (Å²) in [4.78, 5) is 133. The van der Waals surface area contributed by atoms with Crippen molar-refractivity contribution >= 4 is 110 Å². The molecule has 33 heteroatoms. The quantitative estimate of drug-likeness (QED) is 0.0150. The number of nitrogens with one attached hydrogen (secondary N) is 6. The number of aryl methyl sites for hydroxylation is 3. The van der Waals surface area contributed by atoms with Crippen molar-refractivity contribution < 1.29 is 47.9 Å². The lowest BCUT2D eigenvalue weighted by molar-refractivity contribution is -0.131. The highest BCUT2D eigenvalue weighted by Crippen LogP contribution is 2.34. The zero-order valence-electron chi connectivity index (χ0n) is 73.9. The number of likely N-dealkylation sites (N-methyl/N-ethyl adjacent to an activating group) is 3. The summed E-state index contributed by atoms with van der Waals surface area (Å²) in [6.07, 6.45) is 43.0. The minimum atomic E-state index is -0.798. The molecule has 3 aliphatic rings. The highest BCUT2D eigenvalue weighted by atomic mass is 32.2. The van der Waals surface area contributed by atoms with Gasteiger partial charge in [-0.1, -0.05) is 157 Å². The highest BCUT2D eigenvalue weighted by Gasteiger charge is 2.38. The molecule has 121 heavy (non-hydrogen) atoms. The van der Waals surface area contributed by atoms with Crippen LogP contribution in [0.1, 0.15) is 249 Å². The van der Waals surface area contributed by atoms with Gasteiger partial charge in [0.1, 0.15) is 35.0 Å². The number of aliphatic imine (C=N–C) groups is 1. The Morgan fingerprint density at radius 3 is 1.65 bits per heavy atom. The first-order valence-electron chi connectivity index (χ1n) is 43.9. The number of hydrogen-bond donors (Lipinski definition) is 9. The summed E-state index contributed by atoms with van der Waals surface area (Å²) in [5.74, 6) is 3.54. The van der Waals surface area contributed by atoms with E-state index in [9.17, 15) is 47.9 Å². The molecule has 6 amide bonds. The number of nitrogens with two attached hydrogens (primary N) is 3.